The fraction of sp³-hybridized carbons (Fsp3) is 0.742. The van der Waals surface area contributed by atoms with Gasteiger partial charge in [-0.05, 0) is 110 Å². The molecule has 1 aromatic heterocycles. The number of aliphatic hydroxyl groups is 2. The van der Waals surface area contributed by atoms with Crippen molar-refractivity contribution < 1.29 is 10.2 Å². The number of aryl methyl sites for hydroxylation is 1. The molecule has 2 N–H and O–H groups in total. The van der Waals surface area contributed by atoms with E-state index in [1.165, 1.54) is 25.7 Å². The van der Waals surface area contributed by atoms with E-state index in [9.17, 15) is 10.2 Å². The van der Waals surface area contributed by atoms with Gasteiger partial charge in [-0.2, -0.15) is 0 Å². The van der Waals surface area contributed by atoms with Gasteiger partial charge in [0.15, 0.2) is 0 Å². The van der Waals surface area contributed by atoms with Gasteiger partial charge in [0.2, 0.25) is 0 Å². The van der Waals surface area contributed by atoms with Crippen LogP contribution in [0.1, 0.15) is 84.4 Å². The average Bonchev–Trinajstić information content (AvgIpc) is 3.21. The number of aliphatic hydroxyl groups excluding tert-OH is 2. The number of aromatic nitrogens is 2. The lowest BCUT2D eigenvalue weighted by atomic mass is 9.43. The molecule has 0 spiro atoms. The van der Waals surface area contributed by atoms with Crippen LogP contribution in [0.3, 0.4) is 0 Å². The van der Waals surface area contributed by atoms with Gasteiger partial charge in [-0.25, -0.2) is 9.97 Å². The standard InChI is InChI=1S/C31H44N2O2/c1-19(8-11-28-32-18-20-6-4-5-7-26(20)33-28)23-9-10-24-29-25(13-15-31(23,24)3)30(2)14-12-22(34)16-21(30)17-27(29)35/h4-7,18-19,21-25,27,29,34-35H,8-17H2,1-3H3/t19-,21+,22-,23-,24+,25?,27-,29+,30+,31-/m1/s1. The molecule has 0 saturated heterocycles. The maximum Gasteiger partial charge on any atom is 0.128 e. The summed E-state index contributed by atoms with van der Waals surface area (Å²) >= 11 is 0. The second-order valence-corrected chi connectivity index (χ2v) is 13.3. The summed E-state index contributed by atoms with van der Waals surface area (Å²) in [5.41, 5.74) is 1.69. The lowest BCUT2D eigenvalue weighted by Gasteiger charge is -2.62. The zero-order valence-corrected chi connectivity index (χ0v) is 21.9. The smallest absolute Gasteiger partial charge is 0.128 e. The van der Waals surface area contributed by atoms with Crippen LogP contribution in [0, 0.1) is 46.3 Å². The highest BCUT2D eigenvalue weighted by Gasteiger charge is 2.62. The second kappa shape index (κ2) is 8.80. The van der Waals surface area contributed by atoms with Crippen LogP contribution in [0.15, 0.2) is 30.5 Å². The summed E-state index contributed by atoms with van der Waals surface area (Å²) in [5, 5.41) is 22.9. The van der Waals surface area contributed by atoms with E-state index in [-0.39, 0.29) is 12.2 Å². The van der Waals surface area contributed by atoms with E-state index in [1.54, 1.807) is 0 Å². The Morgan fingerprint density at radius 3 is 2.60 bits per heavy atom. The lowest BCUT2D eigenvalue weighted by Crippen LogP contribution is -2.58. The Bertz CT molecular complexity index is 1070. The van der Waals surface area contributed by atoms with Crippen LogP contribution in [0.4, 0.5) is 0 Å². The Balaban J connectivity index is 1.17. The second-order valence-electron chi connectivity index (χ2n) is 13.3. The molecule has 4 aliphatic rings. The van der Waals surface area contributed by atoms with E-state index in [0.717, 1.165) is 61.2 Å². The molecule has 0 aliphatic heterocycles. The van der Waals surface area contributed by atoms with E-state index in [1.807, 2.05) is 12.3 Å². The van der Waals surface area contributed by atoms with E-state index >= 15 is 0 Å². The number of hydrogen-bond acceptors (Lipinski definition) is 4. The van der Waals surface area contributed by atoms with Crippen molar-refractivity contribution in [3.05, 3.63) is 36.3 Å². The Morgan fingerprint density at radius 1 is 0.971 bits per heavy atom. The maximum absolute atomic E-state index is 11.5. The molecule has 190 valence electrons. The van der Waals surface area contributed by atoms with Gasteiger partial charge in [-0.15, -0.1) is 0 Å². The monoisotopic (exact) mass is 476 g/mol. The molecule has 6 rings (SSSR count). The molecule has 4 saturated carbocycles. The zero-order valence-electron chi connectivity index (χ0n) is 21.9. The van der Waals surface area contributed by atoms with Crippen LogP contribution >= 0.6 is 0 Å². The molecule has 4 aliphatic carbocycles. The van der Waals surface area contributed by atoms with Gasteiger partial charge in [0, 0.05) is 18.0 Å². The number of rotatable bonds is 4. The van der Waals surface area contributed by atoms with Gasteiger partial charge < -0.3 is 10.2 Å². The third kappa shape index (κ3) is 3.85. The fourth-order valence-corrected chi connectivity index (χ4v) is 9.86. The summed E-state index contributed by atoms with van der Waals surface area (Å²) < 4.78 is 0. The van der Waals surface area contributed by atoms with Crippen molar-refractivity contribution in [1.82, 2.24) is 9.97 Å². The molecule has 10 atom stereocenters. The summed E-state index contributed by atoms with van der Waals surface area (Å²) in [6, 6.07) is 8.25. The van der Waals surface area contributed by atoms with Gasteiger partial charge >= 0.3 is 0 Å². The first kappa shape index (κ1) is 23.9. The third-order valence-electron chi connectivity index (χ3n) is 11.8. The minimum Gasteiger partial charge on any atom is -0.393 e. The number of benzene rings is 1. The van der Waals surface area contributed by atoms with Crippen molar-refractivity contribution in [2.24, 2.45) is 46.3 Å². The van der Waals surface area contributed by atoms with Gasteiger partial charge in [0.25, 0.3) is 0 Å². The number of nitrogens with zero attached hydrogens (tertiary/aromatic N) is 2. The first-order chi connectivity index (χ1) is 16.8. The summed E-state index contributed by atoms with van der Waals surface area (Å²) in [6.07, 6.45) is 12.7. The predicted molar refractivity (Wildman–Crippen MR) is 140 cm³/mol. The van der Waals surface area contributed by atoms with Crippen LogP contribution in [-0.4, -0.2) is 32.4 Å². The highest BCUT2D eigenvalue weighted by atomic mass is 16.3. The number of fused-ring (bicyclic) bond motifs is 6. The SMILES string of the molecule is C[C@H](CCc1ncc2ccccc2n1)[C@H]1CC[C@H]2[C@H]3C(CC[C@]12C)[C@@]1(C)CC[C@@H](O)C[C@H]1C[C@H]3O. The largest absolute Gasteiger partial charge is 0.393 e. The molecular weight excluding hydrogens is 432 g/mol. The molecule has 4 fully saturated rings. The highest BCUT2D eigenvalue weighted by Crippen LogP contribution is 2.68. The number of hydrogen-bond donors (Lipinski definition) is 2. The molecule has 4 nitrogen and oxygen atoms in total. The van der Waals surface area contributed by atoms with Crippen LogP contribution < -0.4 is 0 Å². The van der Waals surface area contributed by atoms with Crippen molar-refractivity contribution >= 4 is 10.9 Å². The topological polar surface area (TPSA) is 66.2 Å². The van der Waals surface area contributed by atoms with Crippen molar-refractivity contribution in [1.29, 1.82) is 0 Å². The Labute approximate surface area is 211 Å². The van der Waals surface area contributed by atoms with Crippen molar-refractivity contribution in [3.63, 3.8) is 0 Å². The summed E-state index contributed by atoms with van der Waals surface area (Å²) in [4.78, 5) is 9.48. The molecule has 1 aromatic carbocycles. The van der Waals surface area contributed by atoms with E-state index in [4.69, 9.17) is 4.98 Å². The van der Waals surface area contributed by atoms with Crippen LogP contribution in [0.25, 0.3) is 10.9 Å². The van der Waals surface area contributed by atoms with Gasteiger partial charge in [-0.3, -0.25) is 0 Å². The van der Waals surface area contributed by atoms with Gasteiger partial charge in [0.1, 0.15) is 5.82 Å². The molecule has 0 amide bonds. The van der Waals surface area contributed by atoms with E-state index in [0.29, 0.717) is 40.4 Å². The summed E-state index contributed by atoms with van der Waals surface area (Å²) in [6.45, 7) is 7.54. The molecule has 0 bridgehead atoms. The lowest BCUT2D eigenvalue weighted by molar-refractivity contribution is -0.174. The highest BCUT2D eigenvalue weighted by molar-refractivity contribution is 5.77. The minimum atomic E-state index is -0.187. The third-order valence-corrected chi connectivity index (χ3v) is 11.8. The number of para-hydroxylation sites is 1. The van der Waals surface area contributed by atoms with E-state index < -0.39 is 0 Å². The minimum absolute atomic E-state index is 0.158. The van der Waals surface area contributed by atoms with Crippen LogP contribution in [0.2, 0.25) is 0 Å². The molecule has 0 radical (unpaired) electrons. The summed E-state index contributed by atoms with van der Waals surface area (Å²) in [7, 11) is 0. The molecule has 35 heavy (non-hydrogen) atoms. The van der Waals surface area contributed by atoms with Gasteiger partial charge in [-0.1, -0.05) is 39.0 Å². The first-order valence-electron chi connectivity index (χ1n) is 14.4. The van der Waals surface area contributed by atoms with Crippen LogP contribution in [-0.2, 0) is 6.42 Å². The molecule has 2 aromatic rings. The zero-order chi connectivity index (χ0) is 24.4. The molecular formula is C31H44N2O2. The van der Waals surface area contributed by atoms with Crippen molar-refractivity contribution in [2.75, 3.05) is 0 Å². The molecule has 1 unspecified atom stereocenters. The maximum atomic E-state index is 11.5. The van der Waals surface area contributed by atoms with Crippen molar-refractivity contribution in [2.45, 2.75) is 97.2 Å². The fourth-order valence-electron chi connectivity index (χ4n) is 9.86. The first-order valence-corrected chi connectivity index (χ1v) is 14.4. The predicted octanol–water partition coefficient (Wildman–Crippen LogP) is 6.19. The van der Waals surface area contributed by atoms with Gasteiger partial charge in [0.05, 0.1) is 17.7 Å². The Hall–Kier alpha value is -1.52. The quantitative estimate of drug-likeness (QED) is 0.552. The summed E-state index contributed by atoms with van der Waals surface area (Å²) in [5.74, 6) is 4.55. The van der Waals surface area contributed by atoms with E-state index in [2.05, 4.69) is 44.0 Å². The molecule has 4 heteroatoms. The van der Waals surface area contributed by atoms with Crippen molar-refractivity contribution in [3.8, 4) is 0 Å². The Morgan fingerprint density at radius 2 is 1.74 bits per heavy atom. The normalized spacial score (nSPS) is 43.9. The average molecular weight is 477 g/mol. The Kier molecular flexibility index (Phi) is 6.00. The van der Waals surface area contributed by atoms with Crippen LogP contribution in [0.5, 0.6) is 0 Å². The molecule has 1 heterocycles.